The van der Waals surface area contributed by atoms with E-state index >= 15 is 0 Å². The van der Waals surface area contributed by atoms with Gasteiger partial charge in [0.05, 0.1) is 22.4 Å². The number of nitrogens with zero attached hydrogens (tertiary/aromatic N) is 3. The number of hydrogen-bond donors (Lipinski definition) is 3. The van der Waals surface area contributed by atoms with Crippen LogP contribution >= 0.6 is 0 Å². The first kappa shape index (κ1) is 18.9. The normalized spacial score (nSPS) is 15.7. The second-order valence-electron chi connectivity index (χ2n) is 6.55. The third-order valence-corrected chi connectivity index (χ3v) is 4.68. The smallest absolute Gasteiger partial charge is 0.278 e. The number of aromatic hydroxyl groups is 2. The predicted octanol–water partition coefficient (Wildman–Crippen LogP) is 3.61. The predicted molar refractivity (Wildman–Crippen MR) is 109 cm³/mol. The molecule has 0 aliphatic carbocycles. The molecule has 3 aromatic carbocycles. The summed E-state index contributed by atoms with van der Waals surface area (Å²) in [4.78, 5) is 23.7. The number of rotatable bonds is 4. The molecule has 0 radical (unpaired) electrons. The van der Waals surface area contributed by atoms with Gasteiger partial charge in [-0.25, -0.2) is 5.01 Å². The topological polar surface area (TPSA) is 128 Å². The van der Waals surface area contributed by atoms with Crippen LogP contribution in [-0.4, -0.2) is 32.3 Å². The van der Waals surface area contributed by atoms with Crippen molar-refractivity contribution in [3.05, 3.63) is 93.5 Å². The first-order valence-electron chi connectivity index (χ1n) is 8.94. The van der Waals surface area contributed by atoms with Crippen molar-refractivity contribution in [2.45, 2.75) is 6.17 Å². The van der Waals surface area contributed by atoms with Gasteiger partial charge in [0.25, 0.3) is 11.6 Å². The molecule has 1 aliphatic rings. The van der Waals surface area contributed by atoms with E-state index in [-0.39, 0.29) is 28.4 Å². The molecule has 1 heterocycles. The lowest BCUT2D eigenvalue weighted by atomic mass is 10.0. The summed E-state index contributed by atoms with van der Waals surface area (Å²) in [6.07, 6.45) is 0.411. The summed E-state index contributed by atoms with van der Waals surface area (Å²) in [5.41, 5.74) is 1.04. The van der Waals surface area contributed by atoms with Crippen molar-refractivity contribution in [2.24, 2.45) is 5.10 Å². The molecule has 3 N–H and O–H groups in total. The lowest BCUT2D eigenvalue weighted by Gasteiger charge is -2.34. The number of para-hydroxylation sites is 2. The minimum Gasteiger partial charge on any atom is -0.508 e. The number of non-ortho nitro benzene ring substituents is 1. The summed E-state index contributed by atoms with van der Waals surface area (Å²) in [6, 6.07) is 16.8. The van der Waals surface area contributed by atoms with Crippen LogP contribution in [0.3, 0.4) is 0 Å². The first-order chi connectivity index (χ1) is 14.5. The summed E-state index contributed by atoms with van der Waals surface area (Å²) < 4.78 is 0. The highest BCUT2D eigenvalue weighted by molar-refractivity contribution is 6.02. The maximum absolute atomic E-state index is 13.2. The zero-order chi connectivity index (χ0) is 21.3. The van der Waals surface area contributed by atoms with Gasteiger partial charge in [-0.1, -0.05) is 30.3 Å². The van der Waals surface area contributed by atoms with Gasteiger partial charge in [0, 0.05) is 23.3 Å². The molecule has 150 valence electrons. The number of nitro benzene ring substituents is 1. The van der Waals surface area contributed by atoms with Gasteiger partial charge in [0.2, 0.25) is 0 Å². The maximum atomic E-state index is 13.2. The van der Waals surface area contributed by atoms with Crippen LogP contribution in [0.25, 0.3) is 0 Å². The minimum absolute atomic E-state index is 0.00574. The lowest BCUT2D eigenvalue weighted by molar-refractivity contribution is -0.384. The molecule has 0 saturated carbocycles. The van der Waals surface area contributed by atoms with Crippen molar-refractivity contribution in [2.75, 3.05) is 5.32 Å². The zero-order valence-corrected chi connectivity index (χ0v) is 15.5. The molecule has 0 saturated heterocycles. The van der Waals surface area contributed by atoms with Crippen LogP contribution in [0.2, 0.25) is 0 Å². The number of carbonyl (C=O) groups excluding carboxylic acids is 1. The zero-order valence-electron chi connectivity index (χ0n) is 15.5. The number of nitrogens with one attached hydrogen (secondary N) is 1. The number of anilines is 1. The largest absolute Gasteiger partial charge is 0.508 e. The lowest BCUT2D eigenvalue weighted by Crippen LogP contribution is -2.39. The van der Waals surface area contributed by atoms with Gasteiger partial charge in [0.15, 0.2) is 6.17 Å². The maximum Gasteiger partial charge on any atom is 0.278 e. The fourth-order valence-corrected chi connectivity index (χ4v) is 3.17. The van der Waals surface area contributed by atoms with E-state index in [0.29, 0.717) is 11.1 Å². The van der Waals surface area contributed by atoms with Gasteiger partial charge >= 0.3 is 0 Å². The van der Waals surface area contributed by atoms with Crippen molar-refractivity contribution in [3.63, 3.8) is 0 Å². The monoisotopic (exact) mass is 404 g/mol. The number of amides is 1. The van der Waals surface area contributed by atoms with Crippen LogP contribution in [0.15, 0.2) is 71.8 Å². The Morgan fingerprint density at radius 3 is 2.43 bits per heavy atom. The van der Waals surface area contributed by atoms with E-state index in [1.54, 1.807) is 36.4 Å². The Kier molecular flexibility index (Phi) is 4.77. The Morgan fingerprint density at radius 2 is 1.73 bits per heavy atom. The van der Waals surface area contributed by atoms with E-state index in [4.69, 9.17) is 0 Å². The van der Waals surface area contributed by atoms with Crippen molar-refractivity contribution in [3.8, 4) is 11.5 Å². The average Bonchev–Trinajstić information content (AvgIpc) is 2.74. The molecule has 0 aromatic heterocycles. The Balaban J connectivity index is 1.81. The molecule has 1 amide bonds. The molecule has 3 aromatic rings. The van der Waals surface area contributed by atoms with Crippen molar-refractivity contribution < 1.29 is 19.9 Å². The number of carbonyl (C=O) groups is 1. The van der Waals surface area contributed by atoms with E-state index in [9.17, 15) is 25.1 Å². The molecule has 9 heteroatoms. The van der Waals surface area contributed by atoms with Gasteiger partial charge in [-0.15, -0.1) is 0 Å². The van der Waals surface area contributed by atoms with Crippen LogP contribution in [0, 0.1) is 10.1 Å². The van der Waals surface area contributed by atoms with Crippen LogP contribution in [-0.2, 0) is 0 Å². The van der Waals surface area contributed by atoms with Gasteiger partial charge < -0.3 is 15.5 Å². The molecule has 0 spiro atoms. The second-order valence-corrected chi connectivity index (χ2v) is 6.55. The molecule has 0 fully saturated rings. The summed E-state index contributed by atoms with van der Waals surface area (Å²) >= 11 is 0. The molecule has 1 atom stereocenters. The Hall–Kier alpha value is -4.40. The molecule has 9 nitrogen and oxygen atoms in total. The molecule has 30 heavy (non-hydrogen) atoms. The second kappa shape index (κ2) is 7.55. The van der Waals surface area contributed by atoms with E-state index in [2.05, 4.69) is 10.4 Å². The van der Waals surface area contributed by atoms with Crippen molar-refractivity contribution in [1.29, 1.82) is 0 Å². The number of nitro groups is 1. The average molecular weight is 404 g/mol. The van der Waals surface area contributed by atoms with E-state index < -0.39 is 17.0 Å². The molecular formula is C21H16N4O5. The number of hydrazone groups is 1. The fraction of sp³-hybridized carbons (Fsp3) is 0.0476. The standard InChI is InChI=1S/C21H16N4O5/c26-18-7-3-1-5-13(18)12-22-24-20(16-6-2-4-8-19(16)27)23-17-11-14(25(29)30)9-10-15(17)21(24)28/h1-12,20,23,26-27H/b22-12+/t20-/m0/s1. The van der Waals surface area contributed by atoms with E-state index in [1.165, 1.54) is 36.5 Å². The van der Waals surface area contributed by atoms with Crippen LogP contribution in [0.4, 0.5) is 11.4 Å². The minimum atomic E-state index is -0.921. The molecule has 1 aliphatic heterocycles. The number of benzene rings is 3. The van der Waals surface area contributed by atoms with E-state index in [1.807, 2.05) is 0 Å². The van der Waals surface area contributed by atoms with Gasteiger partial charge in [-0.2, -0.15) is 5.10 Å². The van der Waals surface area contributed by atoms with Crippen LogP contribution in [0.1, 0.15) is 27.7 Å². The first-order valence-corrected chi connectivity index (χ1v) is 8.94. The highest BCUT2D eigenvalue weighted by Crippen LogP contribution is 2.38. The van der Waals surface area contributed by atoms with Gasteiger partial charge in [0.1, 0.15) is 11.5 Å². The molecular weight excluding hydrogens is 388 g/mol. The molecule has 0 bridgehead atoms. The SMILES string of the molecule is O=C1c2ccc([N+](=O)[O-])cc2N[C@H](c2ccccc2O)N1/N=C/c1ccccc1O. The van der Waals surface area contributed by atoms with Crippen LogP contribution in [0.5, 0.6) is 11.5 Å². The highest BCUT2D eigenvalue weighted by Gasteiger charge is 2.35. The fourth-order valence-electron chi connectivity index (χ4n) is 3.17. The Labute approximate surface area is 170 Å². The Morgan fingerprint density at radius 1 is 1.03 bits per heavy atom. The molecule has 4 rings (SSSR count). The highest BCUT2D eigenvalue weighted by atomic mass is 16.6. The summed E-state index contributed by atoms with van der Waals surface area (Å²) in [5.74, 6) is -0.591. The number of phenolic OH excluding ortho intramolecular Hbond substituents is 2. The van der Waals surface area contributed by atoms with Crippen molar-refractivity contribution in [1.82, 2.24) is 5.01 Å². The number of fused-ring (bicyclic) bond motifs is 1. The third-order valence-electron chi connectivity index (χ3n) is 4.68. The van der Waals surface area contributed by atoms with Crippen LogP contribution < -0.4 is 5.32 Å². The number of hydrogen-bond acceptors (Lipinski definition) is 7. The number of phenols is 2. The molecule has 0 unspecified atom stereocenters. The quantitative estimate of drug-likeness (QED) is 0.346. The van der Waals surface area contributed by atoms with E-state index in [0.717, 1.165) is 5.01 Å². The third kappa shape index (κ3) is 3.39. The summed E-state index contributed by atoms with van der Waals surface area (Å²) in [7, 11) is 0. The van der Waals surface area contributed by atoms with Gasteiger partial charge in [-0.3, -0.25) is 14.9 Å². The summed E-state index contributed by atoms with van der Waals surface area (Å²) in [6.45, 7) is 0. The van der Waals surface area contributed by atoms with Gasteiger partial charge in [-0.05, 0) is 24.3 Å². The Bertz CT molecular complexity index is 1180. The summed E-state index contributed by atoms with van der Waals surface area (Å²) in [5, 5.41) is 39.8. The van der Waals surface area contributed by atoms with Crippen molar-refractivity contribution >= 4 is 23.5 Å².